The zero-order chi connectivity index (χ0) is 32.8. The van der Waals surface area contributed by atoms with Crippen molar-refractivity contribution in [2.75, 3.05) is 0 Å². The van der Waals surface area contributed by atoms with E-state index in [0.29, 0.717) is 29.8 Å². The molecule has 236 valence electrons. The quantitative estimate of drug-likeness (QED) is 0.0798. The highest BCUT2D eigenvalue weighted by molar-refractivity contribution is 5.71. The number of unbranched alkanes of at least 4 members (excludes halogenated alkanes) is 2. The molecule has 0 saturated carbocycles. The van der Waals surface area contributed by atoms with Gasteiger partial charge in [-0.15, -0.1) is 0 Å². The van der Waals surface area contributed by atoms with Crippen molar-refractivity contribution in [1.29, 1.82) is 0 Å². The second-order valence-electron chi connectivity index (χ2n) is 10.9. The number of benzene rings is 5. The molecule has 0 aliphatic carbocycles. The molecule has 8 heteroatoms. The van der Waals surface area contributed by atoms with Crippen molar-refractivity contribution in [2.45, 2.75) is 38.7 Å². The van der Waals surface area contributed by atoms with Crippen LogP contribution < -0.4 is 4.74 Å². The highest BCUT2D eigenvalue weighted by Crippen LogP contribution is 2.32. The van der Waals surface area contributed by atoms with Gasteiger partial charge in [0.05, 0.1) is 0 Å². The maximum absolute atomic E-state index is 14.9. The van der Waals surface area contributed by atoms with Gasteiger partial charge in [-0.3, -0.25) is 0 Å². The molecule has 0 aromatic heterocycles. The summed E-state index contributed by atoms with van der Waals surface area (Å²) in [6.07, 6.45) is 1.82. The molecule has 5 rings (SSSR count). The van der Waals surface area contributed by atoms with E-state index in [9.17, 15) is 30.7 Å². The summed E-state index contributed by atoms with van der Waals surface area (Å²) < 4.78 is 103. The monoisotopic (exact) mass is 634 g/mol. The summed E-state index contributed by atoms with van der Waals surface area (Å²) in [6.45, 7) is 2.18. The van der Waals surface area contributed by atoms with Crippen LogP contribution in [0.4, 0.5) is 30.7 Å². The van der Waals surface area contributed by atoms with Crippen LogP contribution in [0.1, 0.15) is 37.3 Å². The molecule has 0 spiro atoms. The Morgan fingerprint density at radius 2 is 1.15 bits per heavy atom. The smallest absolute Gasteiger partial charge is 0.419 e. The van der Waals surface area contributed by atoms with E-state index in [2.05, 4.69) is 35.9 Å². The molecule has 5 aromatic carbocycles. The average molecular weight is 635 g/mol. The first-order chi connectivity index (χ1) is 22.0. The Balaban J connectivity index is 1.24. The van der Waals surface area contributed by atoms with Gasteiger partial charge in [0.15, 0.2) is 17.5 Å². The standard InChI is InChI=1S/C38H29F7O/c1-2-3-4-5-24-6-8-25(9-7-24)26-10-12-27(13-11-26)29-15-14-28(33(39)20-29)18-19-38(44,45)46-31-16-17-32(34(40)23-31)30-21-35(41)37(43)36(42)22-30/h6-23H,2-5H2,1H3/b19-18+. The maximum atomic E-state index is 14.9. The number of hydrogen-bond donors (Lipinski definition) is 0. The molecule has 0 atom stereocenters. The van der Waals surface area contributed by atoms with Crippen LogP contribution in [0.3, 0.4) is 0 Å². The van der Waals surface area contributed by atoms with E-state index in [-0.39, 0.29) is 16.7 Å². The third kappa shape index (κ3) is 7.86. The van der Waals surface area contributed by atoms with Crippen LogP contribution in [-0.2, 0) is 6.42 Å². The van der Waals surface area contributed by atoms with Gasteiger partial charge in [0, 0.05) is 23.3 Å². The van der Waals surface area contributed by atoms with Crippen molar-refractivity contribution in [2.24, 2.45) is 0 Å². The molecule has 0 saturated heterocycles. The summed E-state index contributed by atoms with van der Waals surface area (Å²) in [5, 5.41) is 0. The lowest BCUT2D eigenvalue weighted by Gasteiger charge is -2.15. The SMILES string of the molecule is CCCCCc1ccc(-c2ccc(-c3ccc(/C=C/C(F)(F)Oc4ccc(-c5cc(F)c(F)c(F)c5)c(F)c4)c(F)c3)cc2)cc1. The van der Waals surface area contributed by atoms with Gasteiger partial charge in [-0.1, -0.05) is 80.4 Å². The summed E-state index contributed by atoms with van der Waals surface area (Å²) in [6, 6.07) is 23.9. The maximum Gasteiger partial charge on any atom is 0.419 e. The Labute approximate surface area is 262 Å². The molecule has 0 heterocycles. The summed E-state index contributed by atoms with van der Waals surface area (Å²) in [5.74, 6) is -7.24. The van der Waals surface area contributed by atoms with Crippen LogP contribution in [0.15, 0.2) is 103 Å². The normalized spacial score (nSPS) is 11.7. The predicted octanol–water partition coefficient (Wildman–Crippen LogP) is 11.8. The third-order valence-electron chi connectivity index (χ3n) is 7.52. The largest absolute Gasteiger partial charge is 0.429 e. The number of alkyl halides is 2. The molecule has 0 N–H and O–H groups in total. The first-order valence-corrected chi connectivity index (χ1v) is 14.7. The number of aryl methyl sites for hydroxylation is 1. The van der Waals surface area contributed by atoms with Crippen molar-refractivity contribution in [1.82, 2.24) is 0 Å². The number of halogens is 7. The lowest BCUT2D eigenvalue weighted by Crippen LogP contribution is -2.21. The second kappa shape index (κ2) is 14.1. The van der Waals surface area contributed by atoms with Crippen LogP contribution in [0.25, 0.3) is 39.5 Å². The van der Waals surface area contributed by atoms with Gasteiger partial charge in [-0.2, -0.15) is 8.78 Å². The number of hydrogen-bond acceptors (Lipinski definition) is 1. The molecule has 1 nitrogen and oxygen atoms in total. The van der Waals surface area contributed by atoms with Crippen molar-refractivity contribution < 1.29 is 35.5 Å². The summed E-state index contributed by atoms with van der Waals surface area (Å²) in [7, 11) is 0. The zero-order valence-corrected chi connectivity index (χ0v) is 24.8. The first kappa shape index (κ1) is 32.5. The molecule has 5 aromatic rings. The van der Waals surface area contributed by atoms with E-state index >= 15 is 0 Å². The van der Waals surface area contributed by atoms with Crippen molar-refractivity contribution >= 4 is 6.08 Å². The average Bonchev–Trinajstić information content (AvgIpc) is 3.03. The van der Waals surface area contributed by atoms with Crippen LogP contribution in [0.2, 0.25) is 0 Å². The summed E-state index contributed by atoms with van der Waals surface area (Å²) in [4.78, 5) is 0. The summed E-state index contributed by atoms with van der Waals surface area (Å²) >= 11 is 0. The van der Waals surface area contributed by atoms with Gasteiger partial charge in [0.25, 0.3) is 0 Å². The first-order valence-electron chi connectivity index (χ1n) is 14.7. The Kier molecular flexibility index (Phi) is 9.95. The molecule has 0 amide bonds. The zero-order valence-electron chi connectivity index (χ0n) is 24.8. The van der Waals surface area contributed by atoms with Crippen LogP contribution in [0.5, 0.6) is 5.75 Å². The van der Waals surface area contributed by atoms with Gasteiger partial charge in [0.2, 0.25) is 0 Å². The lowest BCUT2D eigenvalue weighted by atomic mass is 9.98. The van der Waals surface area contributed by atoms with Crippen molar-refractivity contribution in [3.05, 3.63) is 143 Å². The Hall–Kier alpha value is -4.85. The topological polar surface area (TPSA) is 9.23 Å². The summed E-state index contributed by atoms with van der Waals surface area (Å²) in [5.41, 5.74) is 3.89. The van der Waals surface area contributed by atoms with Gasteiger partial charge < -0.3 is 4.74 Å². The Bertz CT molecular complexity index is 1820. The number of rotatable bonds is 11. The predicted molar refractivity (Wildman–Crippen MR) is 167 cm³/mol. The third-order valence-corrected chi connectivity index (χ3v) is 7.52. The minimum absolute atomic E-state index is 0.121. The minimum Gasteiger partial charge on any atom is -0.429 e. The molecule has 0 aliphatic heterocycles. The second-order valence-corrected chi connectivity index (χ2v) is 10.9. The molecular weight excluding hydrogens is 605 g/mol. The Morgan fingerprint density at radius 3 is 1.74 bits per heavy atom. The minimum atomic E-state index is -3.96. The highest BCUT2D eigenvalue weighted by atomic mass is 19.3. The molecular formula is C38H29F7O. The molecule has 46 heavy (non-hydrogen) atoms. The van der Waals surface area contributed by atoms with E-state index in [1.165, 1.54) is 30.5 Å². The van der Waals surface area contributed by atoms with Crippen molar-refractivity contribution in [3.63, 3.8) is 0 Å². The van der Waals surface area contributed by atoms with E-state index in [0.717, 1.165) is 47.7 Å². The lowest BCUT2D eigenvalue weighted by molar-refractivity contribution is -0.131. The fourth-order valence-electron chi connectivity index (χ4n) is 5.02. The van der Waals surface area contributed by atoms with Crippen LogP contribution in [-0.4, -0.2) is 6.11 Å². The fraction of sp³-hybridized carbons (Fsp3) is 0.158. The van der Waals surface area contributed by atoms with Crippen molar-refractivity contribution in [3.8, 4) is 39.1 Å². The van der Waals surface area contributed by atoms with E-state index in [1.54, 1.807) is 6.07 Å². The van der Waals surface area contributed by atoms with Gasteiger partial charge in [-0.05, 0) is 82.6 Å². The molecule has 0 radical (unpaired) electrons. The highest BCUT2D eigenvalue weighted by Gasteiger charge is 2.28. The van der Waals surface area contributed by atoms with Crippen LogP contribution in [0, 0.1) is 29.1 Å². The van der Waals surface area contributed by atoms with E-state index < -0.39 is 40.9 Å². The van der Waals surface area contributed by atoms with Gasteiger partial charge in [0.1, 0.15) is 17.4 Å². The van der Waals surface area contributed by atoms with E-state index in [1.807, 2.05) is 24.3 Å². The van der Waals surface area contributed by atoms with Gasteiger partial charge in [-0.25, -0.2) is 22.0 Å². The number of ether oxygens (including phenoxy) is 1. The van der Waals surface area contributed by atoms with Gasteiger partial charge >= 0.3 is 6.11 Å². The molecule has 0 aliphatic rings. The molecule has 0 fully saturated rings. The fourth-order valence-corrected chi connectivity index (χ4v) is 5.02. The molecule has 0 unspecified atom stereocenters. The molecule has 0 bridgehead atoms. The van der Waals surface area contributed by atoms with E-state index in [4.69, 9.17) is 0 Å². The van der Waals surface area contributed by atoms with Crippen LogP contribution >= 0.6 is 0 Å². The Morgan fingerprint density at radius 1 is 0.587 bits per heavy atom.